The molecule has 150 valence electrons. The SMILES string of the molecule is Cc1ccc(NC(=O)CC(=O)N[C@H](CCn2ccnc2C)c2ccccc2)cc1. The Kier molecular flexibility index (Phi) is 6.79. The van der Waals surface area contributed by atoms with Crippen molar-refractivity contribution >= 4 is 17.5 Å². The van der Waals surface area contributed by atoms with E-state index in [1.807, 2.05) is 79.2 Å². The molecular formula is C23H26N4O2. The minimum Gasteiger partial charge on any atom is -0.349 e. The Bertz CT molecular complexity index is 949. The highest BCUT2D eigenvalue weighted by molar-refractivity contribution is 6.03. The second-order valence-electron chi connectivity index (χ2n) is 7.08. The van der Waals surface area contributed by atoms with E-state index in [-0.39, 0.29) is 24.3 Å². The van der Waals surface area contributed by atoms with E-state index < -0.39 is 0 Å². The van der Waals surface area contributed by atoms with Gasteiger partial charge in [0.15, 0.2) is 0 Å². The minimum atomic E-state index is -0.330. The number of imidazole rings is 1. The number of rotatable bonds is 8. The third-order valence-electron chi connectivity index (χ3n) is 4.78. The first-order valence-corrected chi connectivity index (χ1v) is 9.70. The molecule has 0 radical (unpaired) electrons. The number of carbonyl (C=O) groups is 2. The van der Waals surface area contributed by atoms with Gasteiger partial charge < -0.3 is 15.2 Å². The summed E-state index contributed by atoms with van der Waals surface area (Å²) in [6.07, 6.45) is 4.17. The second kappa shape index (κ2) is 9.68. The van der Waals surface area contributed by atoms with Gasteiger partial charge in [0.05, 0.1) is 6.04 Å². The lowest BCUT2D eigenvalue weighted by Gasteiger charge is -2.20. The van der Waals surface area contributed by atoms with Gasteiger partial charge in [-0.3, -0.25) is 9.59 Å². The van der Waals surface area contributed by atoms with Crippen molar-refractivity contribution in [2.24, 2.45) is 0 Å². The summed E-state index contributed by atoms with van der Waals surface area (Å²) in [4.78, 5) is 29.0. The highest BCUT2D eigenvalue weighted by atomic mass is 16.2. The van der Waals surface area contributed by atoms with E-state index in [9.17, 15) is 9.59 Å². The number of aromatic nitrogens is 2. The van der Waals surface area contributed by atoms with Crippen LogP contribution >= 0.6 is 0 Å². The first-order chi connectivity index (χ1) is 14.0. The van der Waals surface area contributed by atoms with Crippen LogP contribution in [-0.4, -0.2) is 21.4 Å². The van der Waals surface area contributed by atoms with Crippen molar-refractivity contribution < 1.29 is 9.59 Å². The van der Waals surface area contributed by atoms with Gasteiger partial charge in [0.25, 0.3) is 0 Å². The molecule has 2 amide bonds. The predicted molar refractivity (Wildman–Crippen MR) is 113 cm³/mol. The quantitative estimate of drug-likeness (QED) is 0.575. The maximum Gasteiger partial charge on any atom is 0.233 e. The first kappa shape index (κ1) is 20.3. The number of anilines is 1. The van der Waals surface area contributed by atoms with Crippen molar-refractivity contribution in [3.05, 3.63) is 83.9 Å². The molecule has 1 heterocycles. The van der Waals surface area contributed by atoms with Gasteiger partial charge >= 0.3 is 0 Å². The first-order valence-electron chi connectivity index (χ1n) is 9.70. The van der Waals surface area contributed by atoms with E-state index in [0.717, 1.165) is 23.5 Å². The molecule has 1 atom stereocenters. The van der Waals surface area contributed by atoms with Crippen molar-refractivity contribution in [1.82, 2.24) is 14.9 Å². The van der Waals surface area contributed by atoms with E-state index in [2.05, 4.69) is 15.6 Å². The second-order valence-corrected chi connectivity index (χ2v) is 7.08. The van der Waals surface area contributed by atoms with Crippen molar-refractivity contribution in [3.8, 4) is 0 Å². The predicted octanol–water partition coefficient (Wildman–Crippen LogP) is 3.78. The maximum atomic E-state index is 12.5. The molecule has 0 aliphatic rings. The van der Waals surface area contributed by atoms with E-state index >= 15 is 0 Å². The summed E-state index contributed by atoms with van der Waals surface area (Å²) in [5, 5.41) is 5.77. The van der Waals surface area contributed by atoms with Crippen LogP contribution < -0.4 is 10.6 Å². The molecule has 2 N–H and O–H groups in total. The zero-order valence-electron chi connectivity index (χ0n) is 16.8. The molecule has 3 rings (SSSR count). The maximum absolute atomic E-state index is 12.5. The summed E-state index contributed by atoms with van der Waals surface area (Å²) >= 11 is 0. The molecule has 29 heavy (non-hydrogen) atoms. The van der Waals surface area contributed by atoms with Gasteiger partial charge in [-0.05, 0) is 38.0 Å². The number of nitrogens with one attached hydrogen (secondary N) is 2. The Morgan fingerprint density at radius 2 is 1.72 bits per heavy atom. The molecule has 0 saturated heterocycles. The summed E-state index contributed by atoms with van der Waals surface area (Å²) in [6, 6.07) is 17.1. The number of nitrogens with zero attached hydrogens (tertiary/aromatic N) is 2. The van der Waals surface area contributed by atoms with Crippen LogP contribution in [-0.2, 0) is 16.1 Å². The Balaban J connectivity index is 1.60. The Hall–Kier alpha value is -3.41. The van der Waals surface area contributed by atoms with Crippen LogP contribution in [0.5, 0.6) is 0 Å². The van der Waals surface area contributed by atoms with Crippen LogP contribution in [0.15, 0.2) is 67.0 Å². The largest absolute Gasteiger partial charge is 0.349 e. The normalized spacial score (nSPS) is 11.7. The monoisotopic (exact) mass is 390 g/mol. The molecule has 6 nitrogen and oxygen atoms in total. The van der Waals surface area contributed by atoms with E-state index in [0.29, 0.717) is 12.1 Å². The van der Waals surface area contributed by atoms with Crippen molar-refractivity contribution in [2.45, 2.75) is 39.3 Å². The average Bonchev–Trinajstić information content (AvgIpc) is 3.12. The molecule has 0 unspecified atom stereocenters. The lowest BCUT2D eigenvalue weighted by molar-refractivity contribution is -0.127. The molecular weight excluding hydrogens is 364 g/mol. The van der Waals surface area contributed by atoms with Crippen LogP contribution in [0.2, 0.25) is 0 Å². The molecule has 0 bridgehead atoms. The third kappa shape index (κ3) is 6.04. The fraction of sp³-hybridized carbons (Fsp3) is 0.261. The fourth-order valence-electron chi connectivity index (χ4n) is 3.15. The summed E-state index contributed by atoms with van der Waals surface area (Å²) in [6.45, 7) is 4.65. The summed E-state index contributed by atoms with van der Waals surface area (Å²) in [5.74, 6) is 0.301. The van der Waals surface area contributed by atoms with Crippen LogP contribution in [0.3, 0.4) is 0 Å². The zero-order valence-corrected chi connectivity index (χ0v) is 16.8. The molecule has 0 aliphatic carbocycles. The number of benzene rings is 2. The summed E-state index contributed by atoms with van der Waals surface area (Å²) < 4.78 is 2.05. The summed E-state index contributed by atoms with van der Waals surface area (Å²) in [7, 11) is 0. The number of amides is 2. The van der Waals surface area contributed by atoms with Crippen molar-refractivity contribution in [2.75, 3.05) is 5.32 Å². The molecule has 0 aliphatic heterocycles. The van der Waals surface area contributed by atoms with Gasteiger partial charge in [-0.1, -0.05) is 48.0 Å². The molecule has 0 spiro atoms. The lowest BCUT2D eigenvalue weighted by atomic mass is 10.0. The Labute approximate surface area is 171 Å². The van der Waals surface area contributed by atoms with Crippen LogP contribution in [0.25, 0.3) is 0 Å². The van der Waals surface area contributed by atoms with Crippen LogP contribution in [0, 0.1) is 13.8 Å². The molecule has 2 aromatic carbocycles. The minimum absolute atomic E-state index is 0.183. The summed E-state index contributed by atoms with van der Waals surface area (Å²) in [5.41, 5.74) is 2.81. The third-order valence-corrected chi connectivity index (χ3v) is 4.78. The highest BCUT2D eigenvalue weighted by Crippen LogP contribution is 2.18. The van der Waals surface area contributed by atoms with Gasteiger partial charge in [0.1, 0.15) is 12.2 Å². The standard InChI is InChI=1S/C23H26N4O2/c1-17-8-10-20(11-9-17)25-22(28)16-23(29)26-21(19-6-4-3-5-7-19)12-14-27-15-13-24-18(27)2/h3-11,13,15,21H,12,14,16H2,1-2H3,(H,25,28)(H,26,29)/t21-/m1/s1. The van der Waals surface area contributed by atoms with Crippen molar-refractivity contribution in [1.29, 1.82) is 0 Å². The highest BCUT2D eigenvalue weighted by Gasteiger charge is 2.17. The van der Waals surface area contributed by atoms with Crippen molar-refractivity contribution in [3.63, 3.8) is 0 Å². The van der Waals surface area contributed by atoms with Gasteiger partial charge in [0.2, 0.25) is 11.8 Å². The number of carbonyl (C=O) groups excluding carboxylic acids is 2. The van der Waals surface area contributed by atoms with E-state index in [1.54, 1.807) is 6.20 Å². The number of hydrogen-bond donors (Lipinski definition) is 2. The lowest BCUT2D eigenvalue weighted by Crippen LogP contribution is -2.32. The molecule has 1 aromatic heterocycles. The fourth-order valence-corrected chi connectivity index (χ4v) is 3.15. The molecule has 0 saturated carbocycles. The van der Waals surface area contributed by atoms with Gasteiger partial charge in [-0.2, -0.15) is 0 Å². The van der Waals surface area contributed by atoms with E-state index in [1.165, 1.54) is 0 Å². The van der Waals surface area contributed by atoms with E-state index in [4.69, 9.17) is 0 Å². The van der Waals surface area contributed by atoms with Crippen LogP contribution in [0.4, 0.5) is 5.69 Å². The molecule has 3 aromatic rings. The zero-order chi connectivity index (χ0) is 20.6. The van der Waals surface area contributed by atoms with Crippen LogP contribution in [0.1, 0.15) is 35.8 Å². The topological polar surface area (TPSA) is 76.0 Å². The van der Waals surface area contributed by atoms with Gasteiger partial charge in [0, 0.05) is 24.6 Å². The Morgan fingerprint density at radius 3 is 2.38 bits per heavy atom. The van der Waals surface area contributed by atoms with Gasteiger partial charge in [-0.25, -0.2) is 4.98 Å². The Morgan fingerprint density at radius 1 is 1.00 bits per heavy atom. The smallest absolute Gasteiger partial charge is 0.233 e. The molecule has 6 heteroatoms. The number of aryl methyl sites for hydroxylation is 3. The molecule has 0 fully saturated rings. The number of hydrogen-bond acceptors (Lipinski definition) is 3. The average molecular weight is 390 g/mol. The van der Waals surface area contributed by atoms with Gasteiger partial charge in [-0.15, -0.1) is 0 Å².